The van der Waals surface area contributed by atoms with Crippen molar-refractivity contribution in [3.8, 4) is 22.0 Å². The maximum atomic E-state index is 13.4. The van der Waals surface area contributed by atoms with Crippen LogP contribution in [0.25, 0.3) is 22.0 Å². The quantitative estimate of drug-likeness (QED) is 0.397. The number of nitrogens with one attached hydrogen (secondary N) is 1. The van der Waals surface area contributed by atoms with Crippen molar-refractivity contribution in [2.24, 2.45) is 5.92 Å². The van der Waals surface area contributed by atoms with Gasteiger partial charge in [0.25, 0.3) is 11.9 Å². The number of hydrogen-bond donors (Lipinski definition) is 1. The van der Waals surface area contributed by atoms with E-state index >= 15 is 0 Å². The number of rotatable bonds is 8. The van der Waals surface area contributed by atoms with Gasteiger partial charge in [-0.2, -0.15) is 4.98 Å². The van der Waals surface area contributed by atoms with Crippen LogP contribution in [0, 0.1) is 11.7 Å². The first-order valence-electron chi connectivity index (χ1n) is 9.24. The molecule has 0 fully saturated rings. The van der Waals surface area contributed by atoms with E-state index < -0.39 is 0 Å². The van der Waals surface area contributed by atoms with Crippen LogP contribution in [0.2, 0.25) is 0 Å². The van der Waals surface area contributed by atoms with Gasteiger partial charge >= 0.3 is 0 Å². The summed E-state index contributed by atoms with van der Waals surface area (Å²) in [5.41, 5.74) is 1.52. The Kier molecular flexibility index (Phi) is 6.87. The van der Waals surface area contributed by atoms with Crippen molar-refractivity contribution in [1.29, 1.82) is 0 Å². The molecule has 0 saturated heterocycles. The zero-order valence-electron chi connectivity index (χ0n) is 16.4. The number of benzene rings is 1. The van der Waals surface area contributed by atoms with Crippen LogP contribution in [0.15, 0.2) is 34.1 Å². The third-order valence-corrected chi connectivity index (χ3v) is 5.26. The molecule has 0 aliphatic rings. The zero-order valence-corrected chi connectivity index (χ0v) is 18.0. The summed E-state index contributed by atoms with van der Waals surface area (Å²) in [5, 5.41) is 5.05. The van der Waals surface area contributed by atoms with E-state index in [-0.39, 0.29) is 17.7 Å². The largest absolute Gasteiger partial charge is 0.420 e. The number of anilines is 1. The van der Waals surface area contributed by atoms with Gasteiger partial charge < -0.3 is 14.6 Å². The van der Waals surface area contributed by atoms with E-state index in [1.165, 1.54) is 23.5 Å². The van der Waals surface area contributed by atoms with Gasteiger partial charge in [0.15, 0.2) is 10.8 Å². The molecule has 3 rings (SSSR count). The van der Waals surface area contributed by atoms with E-state index in [1.807, 2.05) is 20.8 Å². The number of carbonyl (C=O) groups is 1. The first kappa shape index (κ1) is 21.3. The highest BCUT2D eigenvalue weighted by Crippen LogP contribution is 2.37. The number of carbonyl (C=O) groups excluding carboxylic acids is 1. The molecular formula is C20H22ClFN4O2S. The monoisotopic (exact) mass is 436 g/mol. The minimum absolute atomic E-state index is 0.208. The predicted octanol–water partition coefficient (Wildman–Crippen LogP) is 5.01. The average molecular weight is 437 g/mol. The maximum Gasteiger partial charge on any atom is 0.299 e. The van der Waals surface area contributed by atoms with Gasteiger partial charge in [-0.15, -0.1) is 22.9 Å². The lowest BCUT2D eigenvalue weighted by molar-refractivity contribution is 0.0945. The fraction of sp³-hybridized carbons (Fsp3) is 0.350. The highest BCUT2D eigenvalue weighted by atomic mass is 35.5. The first-order valence-corrected chi connectivity index (χ1v) is 10.7. The number of hydrogen-bond acceptors (Lipinski definition) is 6. The fourth-order valence-electron chi connectivity index (χ4n) is 2.53. The van der Waals surface area contributed by atoms with Crippen molar-refractivity contribution >= 4 is 34.9 Å². The van der Waals surface area contributed by atoms with Gasteiger partial charge in [-0.3, -0.25) is 4.79 Å². The number of thiazole rings is 1. The summed E-state index contributed by atoms with van der Waals surface area (Å²) in [6.45, 7) is 7.15. The first-order chi connectivity index (χ1) is 13.9. The molecule has 3 aromatic rings. The molecule has 9 heteroatoms. The Bertz CT molecular complexity index is 967. The Labute approximate surface area is 177 Å². The molecule has 1 N–H and O–H groups in total. The lowest BCUT2D eigenvalue weighted by Gasteiger charge is -2.13. The van der Waals surface area contributed by atoms with E-state index in [9.17, 15) is 9.18 Å². The molecule has 0 bridgehead atoms. The Morgan fingerprint density at radius 2 is 2.03 bits per heavy atom. The van der Waals surface area contributed by atoms with Gasteiger partial charge in [0.05, 0.1) is 6.00 Å². The minimum Gasteiger partial charge on any atom is -0.420 e. The van der Waals surface area contributed by atoms with E-state index in [0.717, 1.165) is 0 Å². The molecule has 0 unspecified atom stereocenters. The fourth-order valence-corrected chi connectivity index (χ4v) is 3.58. The molecule has 0 aliphatic carbocycles. The van der Waals surface area contributed by atoms with Crippen molar-refractivity contribution in [3.05, 3.63) is 41.2 Å². The Morgan fingerprint density at radius 1 is 1.31 bits per heavy atom. The van der Waals surface area contributed by atoms with Crippen LogP contribution in [-0.2, 0) is 0 Å². The molecule has 29 heavy (non-hydrogen) atoms. The van der Waals surface area contributed by atoms with Crippen molar-refractivity contribution in [2.45, 2.75) is 20.8 Å². The lowest BCUT2D eigenvalue weighted by Crippen LogP contribution is -2.27. The number of nitrogens with zero attached hydrogens (tertiary/aromatic N) is 3. The third-order valence-electron chi connectivity index (χ3n) is 4.13. The number of halogens is 2. The SMILES string of the molecule is CCN(CCl)c1nc(-c2ccc(F)cc2)c(-c2nc(C(=O)NCC(C)C)cs2)o1. The molecular weight excluding hydrogens is 415 g/mol. The third kappa shape index (κ3) is 4.94. The second-order valence-electron chi connectivity index (χ2n) is 6.80. The van der Waals surface area contributed by atoms with Crippen molar-refractivity contribution in [3.63, 3.8) is 0 Å². The van der Waals surface area contributed by atoms with Crippen LogP contribution in [0.1, 0.15) is 31.3 Å². The highest BCUT2D eigenvalue weighted by Gasteiger charge is 2.23. The molecule has 0 radical (unpaired) electrons. The number of aromatic nitrogens is 2. The van der Waals surface area contributed by atoms with Crippen LogP contribution in [0.4, 0.5) is 10.4 Å². The summed E-state index contributed by atoms with van der Waals surface area (Å²) in [7, 11) is 0. The second-order valence-corrected chi connectivity index (χ2v) is 7.90. The molecule has 0 saturated carbocycles. The minimum atomic E-state index is -0.340. The topological polar surface area (TPSA) is 71.3 Å². The molecule has 2 aromatic heterocycles. The van der Waals surface area contributed by atoms with Gasteiger partial charge in [-0.1, -0.05) is 13.8 Å². The highest BCUT2D eigenvalue weighted by molar-refractivity contribution is 7.13. The van der Waals surface area contributed by atoms with E-state index in [4.69, 9.17) is 16.0 Å². The summed E-state index contributed by atoms with van der Waals surface area (Å²) >= 11 is 7.28. The maximum absolute atomic E-state index is 13.4. The van der Waals surface area contributed by atoms with Gasteiger partial charge in [0.1, 0.15) is 17.2 Å². The summed E-state index contributed by atoms with van der Waals surface area (Å²) in [6, 6.07) is 6.53. The summed E-state index contributed by atoms with van der Waals surface area (Å²) in [4.78, 5) is 23.1. The van der Waals surface area contributed by atoms with Crippen LogP contribution in [0.3, 0.4) is 0 Å². The van der Waals surface area contributed by atoms with Gasteiger partial charge in [0.2, 0.25) is 0 Å². The van der Waals surface area contributed by atoms with Gasteiger partial charge in [-0.25, -0.2) is 9.37 Å². The van der Waals surface area contributed by atoms with E-state index in [0.29, 0.717) is 52.7 Å². The van der Waals surface area contributed by atoms with Gasteiger partial charge in [-0.05, 0) is 37.1 Å². The van der Waals surface area contributed by atoms with Crippen molar-refractivity contribution < 1.29 is 13.6 Å². The molecule has 154 valence electrons. The van der Waals surface area contributed by atoms with Crippen LogP contribution in [-0.4, -0.2) is 35.0 Å². The smallest absolute Gasteiger partial charge is 0.299 e. The number of oxazole rings is 1. The van der Waals surface area contributed by atoms with Crippen LogP contribution < -0.4 is 10.2 Å². The number of alkyl halides is 1. The second kappa shape index (κ2) is 9.37. The average Bonchev–Trinajstić information content (AvgIpc) is 3.35. The number of amides is 1. The standard InChI is InChI=1S/C20H22ClFN4O2S/c1-4-26(11-21)20-25-16(13-5-7-14(22)8-6-13)17(28-20)19-24-15(10-29-19)18(27)23-9-12(2)3/h5-8,10,12H,4,9,11H2,1-3H3,(H,23,27). The Balaban J connectivity index is 1.99. The normalized spacial score (nSPS) is 11.1. The summed E-state index contributed by atoms with van der Waals surface area (Å²) < 4.78 is 19.3. The van der Waals surface area contributed by atoms with E-state index in [2.05, 4.69) is 15.3 Å². The zero-order chi connectivity index (χ0) is 21.0. The molecule has 0 spiro atoms. The van der Waals surface area contributed by atoms with Gasteiger partial charge in [0, 0.05) is 24.0 Å². The van der Waals surface area contributed by atoms with Crippen molar-refractivity contribution in [2.75, 3.05) is 24.0 Å². The van der Waals surface area contributed by atoms with Crippen LogP contribution in [0.5, 0.6) is 0 Å². The predicted molar refractivity (Wildman–Crippen MR) is 114 cm³/mol. The molecule has 0 atom stereocenters. The van der Waals surface area contributed by atoms with Crippen molar-refractivity contribution in [1.82, 2.24) is 15.3 Å². The Hall–Kier alpha value is -2.45. The molecule has 1 amide bonds. The van der Waals surface area contributed by atoms with E-state index in [1.54, 1.807) is 22.4 Å². The molecule has 6 nitrogen and oxygen atoms in total. The van der Waals surface area contributed by atoms with Crippen LogP contribution >= 0.6 is 22.9 Å². The Morgan fingerprint density at radius 3 is 2.66 bits per heavy atom. The summed E-state index contributed by atoms with van der Waals surface area (Å²) in [6.07, 6.45) is 0. The molecule has 1 aromatic carbocycles. The summed E-state index contributed by atoms with van der Waals surface area (Å²) in [5.74, 6) is 0.186. The molecule has 2 heterocycles. The lowest BCUT2D eigenvalue weighted by atomic mass is 10.1. The molecule has 0 aliphatic heterocycles.